The Morgan fingerprint density at radius 1 is 1.26 bits per heavy atom. The van der Waals surface area contributed by atoms with Gasteiger partial charge in [0.25, 0.3) is 5.91 Å². The van der Waals surface area contributed by atoms with Gasteiger partial charge >= 0.3 is 0 Å². The highest BCUT2D eigenvalue weighted by Gasteiger charge is 2.15. The molecule has 1 fully saturated rings. The average Bonchev–Trinajstić information content (AvgIpc) is 3.41. The zero-order valence-corrected chi connectivity index (χ0v) is 16.4. The summed E-state index contributed by atoms with van der Waals surface area (Å²) in [4.78, 5) is 24.8. The molecule has 1 saturated heterocycles. The molecule has 4 rings (SSSR count). The van der Waals surface area contributed by atoms with Crippen molar-refractivity contribution < 1.29 is 9.53 Å². The number of pyridine rings is 1. The largest absolute Gasteiger partial charge is 0.378 e. The summed E-state index contributed by atoms with van der Waals surface area (Å²) in [6, 6.07) is 8.06. The molecule has 3 aromatic rings. The summed E-state index contributed by atoms with van der Waals surface area (Å²) >= 11 is 3.18. The van der Waals surface area contributed by atoms with E-state index in [0.717, 1.165) is 49.1 Å². The zero-order valence-electron chi connectivity index (χ0n) is 14.8. The minimum absolute atomic E-state index is 0.128. The zero-order chi connectivity index (χ0) is 18.5. The van der Waals surface area contributed by atoms with Gasteiger partial charge in [-0.3, -0.25) is 4.79 Å². The Morgan fingerprint density at radius 2 is 2.15 bits per heavy atom. The van der Waals surface area contributed by atoms with Gasteiger partial charge in [0.1, 0.15) is 16.5 Å². The van der Waals surface area contributed by atoms with Gasteiger partial charge in [0.05, 0.1) is 13.2 Å². The molecule has 0 unspecified atom stereocenters. The third-order valence-electron chi connectivity index (χ3n) is 4.30. The Labute approximate surface area is 165 Å². The van der Waals surface area contributed by atoms with Crippen molar-refractivity contribution in [2.24, 2.45) is 0 Å². The van der Waals surface area contributed by atoms with Crippen LogP contribution in [0.5, 0.6) is 0 Å². The van der Waals surface area contributed by atoms with E-state index in [4.69, 9.17) is 4.74 Å². The second-order valence-electron chi connectivity index (χ2n) is 6.13. The molecule has 3 aromatic heterocycles. The number of hydrogen-bond acceptors (Lipinski definition) is 7. The lowest BCUT2D eigenvalue weighted by Gasteiger charge is -2.27. The number of ether oxygens (including phenoxy) is 1. The van der Waals surface area contributed by atoms with Gasteiger partial charge in [-0.1, -0.05) is 6.07 Å². The number of aromatic nitrogens is 2. The van der Waals surface area contributed by atoms with Crippen molar-refractivity contribution in [1.82, 2.24) is 15.3 Å². The van der Waals surface area contributed by atoms with Crippen LogP contribution in [0.3, 0.4) is 0 Å². The van der Waals surface area contributed by atoms with E-state index in [0.29, 0.717) is 12.2 Å². The Hall–Kier alpha value is -2.29. The van der Waals surface area contributed by atoms with Crippen LogP contribution in [0.25, 0.3) is 10.6 Å². The molecule has 0 aliphatic carbocycles. The van der Waals surface area contributed by atoms with Gasteiger partial charge in [0.2, 0.25) is 0 Å². The van der Waals surface area contributed by atoms with E-state index in [1.807, 2.05) is 29.0 Å². The molecule has 0 aromatic carbocycles. The first-order valence-electron chi connectivity index (χ1n) is 8.85. The van der Waals surface area contributed by atoms with E-state index >= 15 is 0 Å². The quantitative estimate of drug-likeness (QED) is 0.689. The first kappa shape index (κ1) is 18.1. The molecule has 4 heterocycles. The van der Waals surface area contributed by atoms with Gasteiger partial charge in [-0.05, 0) is 30.0 Å². The van der Waals surface area contributed by atoms with Crippen molar-refractivity contribution in [1.29, 1.82) is 0 Å². The first-order valence-corrected chi connectivity index (χ1v) is 10.6. The maximum Gasteiger partial charge on any atom is 0.270 e. The molecule has 1 N–H and O–H groups in total. The maximum atomic E-state index is 12.3. The lowest BCUT2D eigenvalue weighted by molar-refractivity contribution is 0.0950. The predicted octanol–water partition coefficient (Wildman–Crippen LogP) is 3.08. The number of rotatable bonds is 6. The summed E-state index contributed by atoms with van der Waals surface area (Å²) in [7, 11) is 0. The van der Waals surface area contributed by atoms with E-state index in [1.165, 1.54) is 16.2 Å². The standard InChI is InChI=1S/C19H20N4O2S2/c24-18(21-6-4-15-2-1-11-26-15)16-13-27-19(22-16)14-3-5-20-17(12-14)23-7-9-25-10-8-23/h1-3,5,11-13H,4,6-10H2,(H,21,24). The molecule has 0 bridgehead atoms. The van der Waals surface area contributed by atoms with Crippen molar-refractivity contribution >= 4 is 34.4 Å². The van der Waals surface area contributed by atoms with Gasteiger partial charge in [0.15, 0.2) is 0 Å². The van der Waals surface area contributed by atoms with Crippen LogP contribution in [-0.4, -0.2) is 48.7 Å². The highest BCUT2D eigenvalue weighted by atomic mass is 32.1. The van der Waals surface area contributed by atoms with Crippen LogP contribution >= 0.6 is 22.7 Å². The predicted molar refractivity (Wildman–Crippen MR) is 109 cm³/mol. The topological polar surface area (TPSA) is 67.4 Å². The van der Waals surface area contributed by atoms with Crippen LogP contribution in [0.4, 0.5) is 5.82 Å². The van der Waals surface area contributed by atoms with Crippen LogP contribution in [0.2, 0.25) is 0 Å². The molecule has 6 nitrogen and oxygen atoms in total. The van der Waals surface area contributed by atoms with Gasteiger partial charge < -0.3 is 15.0 Å². The minimum Gasteiger partial charge on any atom is -0.378 e. The molecule has 140 valence electrons. The number of morpholine rings is 1. The molecule has 1 aliphatic heterocycles. The third-order valence-corrected chi connectivity index (χ3v) is 6.13. The average molecular weight is 401 g/mol. The van der Waals surface area contributed by atoms with E-state index in [-0.39, 0.29) is 5.91 Å². The molecule has 0 atom stereocenters. The number of amides is 1. The number of thiophene rings is 1. The van der Waals surface area contributed by atoms with Crippen LogP contribution in [0, 0.1) is 0 Å². The monoisotopic (exact) mass is 400 g/mol. The third kappa shape index (κ3) is 4.52. The van der Waals surface area contributed by atoms with Crippen LogP contribution in [-0.2, 0) is 11.2 Å². The summed E-state index contributed by atoms with van der Waals surface area (Å²) in [6.07, 6.45) is 2.63. The van der Waals surface area contributed by atoms with Crippen molar-refractivity contribution in [2.45, 2.75) is 6.42 Å². The van der Waals surface area contributed by atoms with Gasteiger partial charge in [-0.2, -0.15) is 0 Å². The molecule has 0 spiro atoms. The fourth-order valence-corrected chi connectivity index (χ4v) is 4.38. The van der Waals surface area contributed by atoms with E-state index in [2.05, 4.69) is 26.3 Å². The molecule has 1 aliphatic rings. The molecule has 27 heavy (non-hydrogen) atoms. The Balaban J connectivity index is 1.40. The number of nitrogens with zero attached hydrogens (tertiary/aromatic N) is 3. The summed E-state index contributed by atoms with van der Waals surface area (Å²) in [5.74, 6) is 0.796. The highest BCUT2D eigenvalue weighted by Crippen LogP contribution is 2.26. The molecular weight excluding hydrogens is 380 g/mol. The molecule has 0 radical (unpaired) electrons. The lowest BCUT2D eigenvalue weighted by Crippen LogP contribution is -2.36. The van der Waals surface area contributed by atoms with Crippen LogP contribution in [0.15, 0.2) is 41.2 Å². The number of anilines is 1. The second-order valence-corrected chi connectivity index (χ2v) is 8.02. The van der Waals surface area contributed by atoms with E-state index < -0.39 is 0 Å². The first-order chi connectivity index (χ1) is 13.3. The summed E-state index contributed by atoms with van der Waals surface area (Å²) in [6.45, 7) is 3.74. The van der Waals surface area contributed by atoms with Crippen molar-refractivity contribution in [3.05, 3.63) is 51.8 Å². The van der Waals surface area contributed by atoms with E-state index in [9.17, 15) is 4.79 Å². The van der Waals surface area contributed by atoms with Crippen molar-refractivity contribution in [3.8, 4) is 10.6 Å². The van der Waals surface area contributed by atoms with Gasteiger partial charge in [0, 0.05) is 41.7 Å². The van der Waals surface area contributed by atoms with Crippen molar-refractivity contribution in [3.63, 3.8) is 0 Å². The molecular formula is C19H20N4O2S2. The second kappa shape index (κ2) is 8.60. The number of hydrogen-bond donors (Lipinski definition) is 1. The maximum absolute atomic E-state index is 12.3. The van der Waals surface area contributed by atoms with Crippen LogP contribution < -0.4 is 10.2 Å². The summed E-state index contributed by atoms with van der Waals surface area (Å²) in [5, 5.41) is 7.63. The molecule has 8 heteroatoms. The Bertz CT molecular complexity index is 889. The number of thiazole rings is 1. The molecule has 1 amide bonds. The minimum atomic E-state index is -0.128. The number of nitrogens with one attached hydrogen (secondary N) is 1. The Morgan fingerprint density at radius 3 is 2.96 bits per heavy atom. The lowest BCUT2D eigenvalue weighted by atomic mass is 10.2. The normalized spacial score (nSPS) is 14.3. The smallest absolute Gasteiger partial charge is 0.270 e. The van der Waals surface area contributed by atoms with Crippen LogP contribution in [0.1, 0.15) is 15.4 Å². The summed E-state index contributed by atoms with van der Waals surface area (Å²) in [5.41, 5.74) is 1.44. The highest BCUT2D eigenvalue weighted by molar-refractivity contribution is 7.13. The van der Waals surface area contributed by atoms with Gasteiger partial charge in [-0.15, -0.1) is 22.7 Å². The summed E-state index contributed by atoms with van der Waals surface area (Å²) < 4.78 is 5.40. The van der Waals surface area contributed by atoms with Crippen molar-refractivity contribution in [2.75, 3.05) is 37.7 Å². The SMILES string of the molecule is O=C(NCCc1cccs1)c1csc(-c2ccnc(N3CCOCC3)c2)n1. The fourth-order valence-electron chi connectivity index (χ4n) is 2.87. The number of carbonyl (C=O) groups is 1. The van der Waals surface area contributed by atoms with E-state index in [1.54, 1.807) is 17.5 Å². The Kier molecular flexibility index (Phi) is 5.76. The molecule has 0 saturated carbocycles. The van der Waals surface area contributed by atoms with Gasteiger partial charge in [-0.25, -0.2) is 9.97 Å². The number of carbonyl (C=O) groups excluding carboxylic acids is 1. The fraction of sp³-hybridized carbons (Fsp3) is 0.316.